The molecule has 1 N–H and O–H groups in total. The fourth-order valence-corrected chi connectivity index (χ4v) is 2.08. The minimum Gasteiger partial charge on any atom is -0.314 e. The van der Waals surface area contributed by atoms with E-state index in [9.17, 15) is 8.42 Å². The molecule has 12 heavy (non-hydrogen) atoms. The molecule has 0 radical (unpaired) electrons. The Hall–Kier alpha value is -0.130. The lowest BCUT2D eigenvalue weighted by Crippen LogP contribution is -2.41. The molecule has 1 aliphatic rings. The monoisotopic (exact) mass is 192 g/mol. The molecular formula is C7H16N2O2S. The van der Waals surface area contributed by atoms with Crippen LogP contribution in [0.2, 0.25) is 0 Å². The lowest BCUT2D eigenvalue weighted by molar-refractivity contribution is 0.298. The van der Waals surface area contributed by atoms with Gasteiger partial charge in [0.25, 0.3) is 0 Å². The molecule has 4 nitrogen and oxygen atoms in total. The summed E-state index contributed by atoms with van der Waals surface area (Å²) in [5.41, 5.74) is 0. The van der Waals surface area contributed by atoms with Gasteiger partial charge in [-0.3, -0.25) is 0 Å². The van der Waals surface area contributed by atoms with E-state index >= 15 is 0 Å². The molecule has 0 bridgehead atoms. The van der Waals surface area contributed by atoms with Crippen molar-refractivity contribution in [3.63, 3.8) is 0 Å². The number of rotatable bonds is 3. The quantitative estimate of drug-likeness (QED) is 0.598. The van der Waals surface area contributed by atoms with Crippen LogP contribution in [0.3, 0.4) is 0 Å². The van der Waals surface area contributed by atoms with Crippen molar-refractivity contribution >= 4 is 10.9 Å². The number of thiol groups is 1. The molecule has 1 saturated heterocycles. The molecule has 0 spiro atoms. The Kier molecular flexibility index (Phi) is 3.97. The SMILES string of the molecule is CCNC1CCN([SH](=O)=O)CC1. The van der Waals surface area contributed by atoms with Crippen LogP contribution in [-0.2, 0) is 10.9 Å². The molecule has 0 aromatic carbocycles. The van der Waals surface area contributed by atoms with Gasteiger partial charge < -0.3 is 5.32 Å². The van der Waals surface area contributed by atoms with Crippen molar-refractivity contribution in [1.29, 1.82) is 0 Å². The van der Waals surface area contributed by atoms with Gasteiger partial charge in [0.05, 0.1) is 0 Å². The summed E-state index contributed by atoms with van der Waals surface area (Å²) in [6.07, 6.45) is 1.88. The fourth-order valence-electron chi connectivity index (χ4n) is 1.52. The van der Waals surface area contributed by atoms with E-state index in [1.807, 2.05) is 0 Å². The third-order valence-corrected chi connectivity index (χ3v) is 3.06. The van der Waals surface area contributed by atoms with Crippen LogP contribution >= 0.6 is 0 Å². The molecule has 0 aliphatic carbocycles. The number of hydrogen-bond acceptors (Lipinski definition) is 3. The largest absolute Gasteiger partial charge is 0.314 e. The Balaban J connectivity index is 2.29. The Morgan fingerprint density at radius 2 is 2.00 bits per heavy atom. The number of piperidine rings is 1. The Labute approximate surface area is 75.0 Å². The molecule has 0 amide bonds. The van der Waals surface area contributed by atoms with Gasteiger partial charge in [0.15, 0.2) is 0 Å². The van der Waals surface area contributed by atoms with Crippen LogP contribution in [0.25, 0.3) is 0 Å². The van der Waals surface area contributed by atoms with Crippen molar-refractivity contribution in [2.24, 2.45) is 0 Å². The van der Waals surface area contributed by atoms with E-state index in [2.05, 4.69) is 12.2 Å². The van der Waals surface area contributed by atoms with E-state index in [1.165, 1.54) is 4.31 Å². The van der Waals surface area contributed by atoms with Gasteiger partial charge in [0.1, 0.15) is 0 Å². The Morgan fingerprint density at radius 1 is 1.42 bits per heavy atom. The highest BCUT2D eigenvalue weighted by Crippen LogP contribution is 2.09. The third-order valence-electron chi connectivity index (χ3n) is 2.20. The summed E-state index contributed by atoms with van der Waals surface area (Å²) in [5.74, 6) is 0. The van der Waals surface area contributed by atoms with E-state index in [4.69, 9.17) is 0 Å². The number of hydrogen-bond donors (Lipinski definition) is 2. The van der Waals surface area contributed by atoms with Crippen LogP contribution in [0.5, 0.6) is 0 Å². The molecule has 0 atom stereocenters. The van der Waals surface area contributed by atoms with Crippen LogP contribution in [0, 0.1) is 0 Å². The minimum absolute atomic E-state index is 0.515. The zero-order valence-electron chi connectivity index (χ0n) is 7.32. The summed E-state index contributed by atoms with van der Waals surface area (Å²) in [6.45, 7) is 4.39. The van der Waals surface area contributed by atoms with Crippen LogP contribution < -0.4 is 5.32 Å². The molecule has 0 unspecified atom stereocenters. The first-order chi connectivity index (χ1) is 5.74. The van der Waals surface area contributed by atoms with Gasteiger partial charge in [-0.25, -0.2) is 12.7 Å². The summed E-state index contributed by atoms with van der Waals surface area (Å²) in [7, 11) is -2.34. The first-order valence-electron chi connectivity index (χ1n) is 4.36. The van der Waals surface area contributed by atoms with Crippen molar-refractivity contribution < 1.29 is 8.42 Å². The first kappa shape index (κ1) is 9.95. The van der Waals surface area contributed by atoms with Crippen LogP contribution in [0.15, 0.2) is 0 Å². The van der Waals surface area contributed by atoms with Crippen molar-refractivity contribution in [3.05, 3.63) is 0 Å². The number of nitrogens with zero attached hydrogens (tertiary/aromatic N) is 1. The average Bonchev–Trinajstić information content (AvgIpc) is 2.06. The lowest BCUT2D eigenvalue weighted by atomic mass is 10.1. The van der Waals surface area contributed by atoms with Gasteiger partial charge in [-0.1, -0.05) is 6.92 Å². The van der Waals surface area contributed by atoms with E-state index in [0.717, 1.165) is 19.4 Å². The van der Waals surface area contributed by atoms with E-state index in [0.29, 0.717) is 19.1 Å². The first-order valence-corrected chi connectivity index (χ1v) is 5.49. The number of nitrogens with one attached hydrogen (secondary N) is 1. The maximum absolute atomic E-state index is 10.6. The fraction of sp³-hybridized carbons (Fsp3) is 1.00. The molecule has 1 rings (SSSR count). The highest BCUT2D eigenvalue weighted by molar-refractivity contribution is 7.69. The Bertz CT molecular complexity index is 190. The normalized spacial score (nSPS) is 21.8. The van der Waals surface area contributed by atoms with Gasteiger partial charge in [-0.2, -0.15) is 0 Å². The lowest BCUT2D eigenvalue weighted by Gasteiger charge is -2.27. The molecule has 0 aromatic heterocycles. The van der Waals surface area contributed by atoms with Gasteiger partial charge in [0.2, 0.25) is 10.9 Å². The average molecular weight is 192 g/mol. The van der Waals surface area contributed by atoms with Gasteiger partial charge in [-0.15, -0.1) is 0 Å². The highest BCUT2D eigenvalue weighted by atomic mass is 32.2. The summed E-state index contributed by atoms with van der Waals surface area (Å²) in [6, 6.07) is 0.515. The second-order valence-electron chi connectivity index (χ2n) is 3.02. The van der Waals surface area contributed by atoms with Crippen molar-refractivity contribution in [2.45, 2.75) is 25.8 Å². The minimum atomic E-state index is -2.34. The molecule has 0 saturated carbocycles. The second-order valence-corrected chi connectivity index (χ2v) is 4.06. The molecule has 0 aromatic rings. The summed E-state index contributed by atoms with van der Waals surface area (Å²) >= 11 is 0. The molecule has 1 fully saturated rings. The molecule has 1 aliphatic heterocycles. The highest BCUT2D eigenvalue weighted by Gasteiger charge is 2.18. The molecule has 5 heteroatoms. The van der Waals surface area contributed by atoms with Gasteiger partial charge in [0, 0.05) is 19.1 Å². The van der Waals surface area contributed by atoms with E-state index in [-0.39, 0.29) is 0 Å². The van der Waals surface area contributed by atoms with Crippen LogP contribution in [0.1, 0.15) is 19.8 Å². The second kappa shape index (κ2) is 4.79. The zero-order valence-corrected chi connectivity index (χ0v) is 8.22. The van der Waals surface area contributed by atoms with Gasteiger partial charge >= 0.3 is 0 Å². The third kappa shape index (κ3) is 2.73. The molecule has 1 heterocycles. The standard InChI is InChI=1S/C7H16N2O2S/c1-2-8-7-3-5-9(6-4-7)12(10)11/h7-8,12H,2-6H2,1H3. The van der Waals surface area contributed by atoms with E-state index < -0.39 is 10.9 Å². The van der Waals surface area contributed by atoms with E-state index in [1.54, 1.807) is 0 Å². The molecular weight excluding hydrogens is 176 g/mol. The van der Waals surface area contributed by atoms with Crippen LogP contribution in [-0.4, -0.2) is 38.4 Å². The topological polar surface area (TPSA) is 49.4 Å². The predicted molar refractivity (Wildman–Crippen MR) is 48.6 cm³/mol. The van der Waals surface area contributed by atoms with Gasteiger partial charge in [-0.05, 0) is 19.4 Å². The van der Waals surface area contributed by atoms with Crippen molar-refractivity contribution in [2.75, 3.05) is 19.6 Å². The summed E-state index contributed by atoms with van der Waals surface area (Å²) < 4.78 is 22.6. The molecule has 72 valence electrons. The summed E-state index contributed by atoms with van der Waals surface area (Å²) in [5, 5.41) is 3.32. The maximum Gasteiger partial charge on any atom is 0.203 e. The maximum atomic E-state index is 10.6. The summed E-state index contributed by atoms with van der Waals surface area (Å²) in [4.78, 5) is 0. The smallest absolute Gasteiger partial charge is 0.203 e. The predicted octanol–water partition coefficient (Wildman–Crippen LogP) is -0.413. The zero-order chi connectivity index (χ0) is 8.97. The van der Waals surface area contributed by atoms with Crippen molar-refractivity contribution in [3.8, 4) is 0 Å². The van der Waals surface area contributed by atoms with Crippen LogP contribution in [0.4, 0.5) is 0 Å². The van der Waals surface area contributed by atoms with Crippen molar-refractivity contribution in [1.82, 2.24) is 9.62 Å². The Morgan fingerprint density at radius 3 is 2.42 bits per heavy atom.